The Labute approximate surface area is 177 Å². The molecule has 152 valence electrons. The van der Waals surface area contributed by atoms with E-state index >= 15 is 0 Å². The zero-order valence-corrected chi connectivity index (χ0v) is 16.5. The number of nitrogens with one attached hydrogen (secondary N) is 1. The third-order valence-electron chi connectivity index (χ3n) is 5.29. The molecular formula is C23H17N5O3. The number of imide groups is 1. The molecule has 3 heterocycles. The summed E-state index contributed by atoms with van der Waals surface area (Å²) < 4.78 is 1.85. The number of carbonyl (C=O) groups excluding carboxylic acids is 3. The fourth-order valence-electron chi connectivity index (χ4n) is 3.70. The number of fused-ring (bicyclic) bond motifs is 2. The van der Waals surface area contributed by atoms with Crippen molar-refractivity contribution in [1.82, 2.24) is 19.5 Å². The molecule has 8 nitrogen and oxygen atoms in total. The Kier molecular flexibility index (Phi) is 4.32. The van der Waals surface area contributed by atoms with Crippen molar-refractivity contribution in [2.75, 3.05) is 5.32 Å². The normalized spacial score (nSPS) is 14.0. The molecule has 0 fully saturated rings. The Morgan fingerprint density at radius 3 is 2.35 bits per heavy atom. The van der Waals surface area contributed by atoms with E-state index in [4.69, 9.17) is 0 Å². The van der Waals surface area contributed by atoms with E-state index in [1.807, 2.05) is 34.9 Å². The van der Waals surface area contributed by atoms with Crippen molar-refractivity contribution in [2.45, 2.75) is 13.0 Å². The van der Waals surface area contributed by atoms with E-state index in [9.17, 15) is 14.4 Å². The van der Waals surface area contributed by atoms with Gasteiger partial charge in [0.25, 0.3) is 11.8 Å². The highest BCUT2D eigenvalue weighted by Crippen LogP contribution is 2.26. The Morgan fingerprint density at radius 1 is 0.903 bits per heavy atom. The quantitative estimate of drug-likeness (QED) is 0.521. The minimum absolute atomic E-state index is 0.313. The van der Waals surface area contributed by atoms with Gasteiger partial charge in [0.15, 0.2) is 11.5 Å². The van der Waals surface area contributed by atoms with Crippen LogP contribution < -0.4 is 5.32 Å². The number of hydrogen-bond acceptors (Lipinski definition) is 5. The summed E-state index contributed by atoms with van der Waals surface area (Å²) in [5.74, 6) is -0.753. The Bertz CT molecular complexity index is 1330. The van der Waals surface area contributed by atoms with Gasteiger partial charge in [-0.2, -0.15) is 0 Å². The van der Waals surface area contributed by atoms with Crippen molar-refractivity contribution in [3.8, 4) is 11.4 Å². The lowest BCUT2D eigenvalue weighted by atomic mass is 10.1. The number of rotatable bonds is 4. The van der Waals surface area contributed by atoms with Crippen molar-refractivity contribution in [3.63, 3.8) is 0 Å². The summed E-state index contributed by atoms with van der Waals surface area (Å²) >= 11 is 0. The first-order valence-electron chi connectivity index (χ1n) is 9.72. The van der Waals surface area contributed by atoms with Crippen LogP contribution in [0, 0.1) is 0 Å². The van der Waals surface area contributed by atoms with Crippen LogP contribution in [0.5, 0.6) is 0 Å². The largest absolute Gasteiger partial charge is 0.324 e. The van der Waals surface area contributed by atoms with Crippen molar-refractivity contribution in [1.29, 1.82) is 0 Å². The first-order valence-corrected chi connectivity index (χ1v) is 9.72. The van der Waals surface area contributed by atoms with Crippen LogP contribution in [0.1, 0.15) is 27.6 Å². The summed E-state index contributed by atoms with van der Waals surface area (Å²) in [7, 11) is 0. The molecule has 1 unspecified atom stereocenters. The minimum atomic E-state index is -0.968. The zero-order valence-electron chi connectivity index (χ0n) is 16.5. The van der Waals surface area contributed by atoms with Gasteiger partial charge in [0.1, 0.15) is 6.04 Å². The van der Waals surface area contributed by atoms with Gasteiger partial charge in [-0.3, -0.25) is 23.7 Å². The molecule has 0 spiro atoms. The van der Waals surface area contributed by atoms with Crippen molar-refractivity contribution < 1.29 is 14.4 Å². The van der Waals surface area contributed by atoms with Crippen molar-refractivity contribution >= 4 is 29.1 Å². The average Bonchev–Trinajstić information content (AvgIpc) is 3.33. The number of nitrogens with zero attached hydrogens (tertiary/aromatic N) is 4. The highest BCUT2D eigenvalue weighted by Gasteiger charge is 2.40. The van der Waals surface area contributed by atoms with E-state index in [1.54, 1.807) is 42.5 Å². The molecule has 4 aromatic rings. The minimum Gasteiger partial charge on any atom is -0.324 e. The molecule has 0 saturated heterocycles. The monoisotopic (exact) mass is 411 g/mol. The van der Waals surface area contributed by atoms with Crippen molar-refractivity contribution in [2.24, 2.45) is 0 Å². The fourth-order valence-corrected chi connectivity index (χ4v) is 3.70. The maximum atomic E-state index is 12.9. The van der Waals surface area contributed by atoms with Crippen LogP contribution in [-0.4, -0.2) is 43.3 Å². The third kappa shape index (κ3) is 3.05. The van der Waals surface area contributed by atoms with E-state index in [2.05, 4.69) is 15.5 Å². The Hall–Kier alpha value is -4.33. The summed E-state index contributed by atoms with van der Waals surface area (Å²) in [6, 6.07) is 18.4. The molecule has 3 amide bonds. The molecule has 1 N–H and O–H groups in total. The average molecular weight is 411 g/mol. The Morgan fingerprint density at radius 2 is 1.61 bits per heavy atom. The number of benzene rings is 2. The van der Waals surface area contributed by atoms with Crippen LogP contribution in [-0.2, 0) is 4.79 Å². The number of carbonyl (C=O) groups is 3. The number of anilines is 1. The highest BCUT2D eigenvalue weighted by molar-refractivity contribution is 6.23. The predicted octanol–water partition coefficient (Wildman–Crippen LogP) is 3.02. The third-order valence-corrected chi connectivity index (χ3v) is 5.29. The summed E-state index contributed by atoms with van der Waals surface area (Å²) in [5.41, 5.74) is 2.63. The van der Waals surface area contributed by atoms with Crippen LogP contribution in [0.4, 0.5) is 5.69 Å². The summed E-state index contributed by atoms with van der Waals surface area (Å²) in [5, 5.41) is 11.2. The second-order valence-electron chi connectivity index (χ2n) is 7.22. The van der Waals surface area contributed by atoms with E-state index < -0.39 is 23.8 Å². The van der Waals surface area contributed by atoms with Gasteiger partial charge in [-0.1, -0.05) is 30.3 Å². The maximum absolute atomic E-state index is 12.9. The molecule has 0 saturated carbocycles. The summed E-state index contributed by atoms with van der Waals surface area (Å²) in [4.78, 5) is 39.2. The molecule has 1 atom stereocenters. The van der Waals surface area contributed by atoms with Gasteiger partial charge in [0.2, 0.25) is 5.91 Å². The van der Waals surface area contributed by atoms with Crippen molar-refractivity contribution in [3.05, 3.63) is 84.1 Å². The zero-order chi connectivity index (χ0) is 21.5. The van der Waals surface area contributed by atoms with E-state index in [0.29, 0.717) is 28.3 Å². The van der Waals surface area contributed by atoms with Crippen LogP contribution >= 0.6 is 0 Å². The van der Waals surface area contributed by atoms with Gasteiger partial charge in [0, 0.05) is 17.4 Å². The molecule has 0 aliphatic carbocycles. The van der Waals surface area contributed by atoms with E-state index in [-0.39, 0.29) is 0 Å². The Balaban J connectivity index is 1.38. The van der Waals surface area contributed by atoms with Gasteiger partial charge in [-0.05, 0) is 43.3 Å². The summed E-state index contributed by atoms with van der Waals surface area (Å²) in [6.45, 7) is 1.53. The molecule has 0 radical (unpaired) electrons. The molecule has 8 heteroatoms. The summed E-state index contributed by atoms with van der Waals surface area (Å²) in [6.07, 6.45) is 1.86. The molecule has 2 aromatic heterocycles. The van der Waals surface area contributed by atoms with Crippen LogP contribution in [0.3, 0.4) is 0 Å². The SMILES string of the molecule is CC(C(=O)Nc1cccc(-c2nnc3ccccn23)c1)N1C(=O)c2ccccc2C1=O. The molecule has 2 aromatic carbocycles. The molecule has 31 heavy (non-hydrogen) atoms. The topological polar surface area (TPSA) is 96.7 Å². The standard InChI is InChI=1S/C23H17N5O3/c1-14(28-22(30)17-9-2-3-10-18(17)23(28)31)21(29)24-16-8-6-7-15(13-16)20-26-25-19-11-4-5-12-27(19)20/h2-14H,1H3,(H,24,29). The number of pyridine rings is 1. The number of amides is 3. The van der Waals surface area contributed by atoms with Crippen LogP contribution in [0.25, 0.3) is 17.0 Å². The second-order valence-corrected chi connectivity index (χ2v) is 7.22. The van der Waals surface area contributed by atoms with E-state index in [1.165, 1.54) is 6.92 Å². The molecule has 1 aliphatic heterocycles. The number of aromatic nitrogens is 3. The molecule has 0 bridgehead atoms. The lowest BCUT2D eigenvalue weighted by Crippen LogP contribution is -2.45. The van der Waals surface area contributed by atoms with E-state index in [0.717, 1.165) is 10.5 Å². The lowest BCUT2D eigenvalue weighted by Gasteiger charge is -2.21. The molecule has 5 rings (SSSR count). The first kappa shape index (κ1) is 18.7. The smallest absolute Gasteiger partial charge is 0.262 e. The maximum Gasteiger partial charge on any atom is 0.262 e. The molecule has 1 aliphatic rings. The van der Waals surface area contributed by atoms with Crippen LogP contribution in [0.15, 0.2) is 72.9 Å². The van der Waals surface area contributed by atoms with Gasteiger partial charge >= 0.3 is 0 Å². The fraction of sp³-hybridized carbons (Fsp3) is 0.0870. The predicted molar refractivity (Wildman–Crippen MR) is 113 cm³/mol. The molecular weight excluding hydrogens is 394 g/mol. The highest BCUT2D eigenvalue weighted by atomic mass is 16.2. The van der Waals surface area contributed by atoms with Gasteiger partial charge in [-0.15, -0.1) is 10.2 Å². The van der Waals surface area contributed by atoms with Gasteiger partial charge in [0.05, 0.1) is 11.1 Å². The first-order chi connectivity index (χ1) is 15.0. The lowest BCUT2D eigenvalue weighted by molar-refractivity contribution is -0.119. The van der Waals surface area contributed by atoms with Gasteiger partial charge in [-0.25, -0.2) is 0 Å². The van der Waals surface area contributed by atoms with Crippen LogP contribution in [0.2, 0.25) is 0 Å². The number of hydrogen-bond donors (Lipinski definition) is 1. The van der Waals surface area contributed by atoms with Gasteiger partial charge < -0.3 is 5.32 Å². The second kappa shape index (κ2) is 7.17.